The van der Waals surface area contributed by atoms with Crippen LogP contribution in [0.25, 0.3) is 10.1 Å². The molecule has 4 aromatic carbocycles. The molecule has 0 spiro atoms. The van der Waals surface area contributed by atoms with Crippen LogP contribution >= 0.6 is 266 Å². The molecule has 0 saturated heterocycles. The first-order valence-corrected chi connectivity index (χ1v) is 57.0. The van der Waals surface area contributed by atoms with Gasteiger partial charge in [0.05, 0.1) is 17.1 Å². The maximum atomic E-state index is 11.3. The number of ketones is 1. The number of halogens is 12. The van der Waals surface area contributed by atoms with E-state index < -0.39 is 36.3 Å². The largest absolute Gasteiger partial charge is 1.00 e. The van der Waals surface area contributed by atoms with Gasteiger partial charge in [0.2, 0.25) is 5.56 Å². The number of aliphatic carboxylic acids is 1. The van der Waals surface area contributed by atoms with Gasteiger partial charge in [-0.25, -0.2) is 50.1 Å². The number of thioether (sulfide) groups is 4. The predicted molar refractivity (Wildman–Crippen MR) is 514 cm³/mol. The van der Waals surface area contributed by atoms with Crippen molar-refractivity contribution in [3.05, 3.63) is 278 Å². The quantitative estimate of drug-likeness (QED) is 0.00962. The number of rotatable bonds is 18. The van der Waals surface area contributed by atoms with Crippen molar-refractivity contribution < 1.29 is 73.2 Å². The molecule has 12 rings (SSSR count). The summed E-state index contributed by atoms with van der Waals surface area (Å²) in [5.74, 6) is 6.40. The number of carboxylic acid groups (broad SMARTS) is 1. The molecule has 0 saturated carbocycles. The van der Waals surface area contributed by atoms with Crippen molar-refractivity contribution in [1.82, 2.24) is 36.1 Å². The summed E-state index contributed by atoms with van der Waals surface area (Å²) in [6.07, 6.45) is 10.2. The molecule has 0 radical (unpaired) electrons. The molecule has 4 atom stereocenters. The van der Waals surface area contributed by atoms with Crippen molar-refractivity contribution in [2.24, 2.45) is 0 Å². The number of benzene rings is 4. The second-order valence-corrected chi connectivity index (χ2v) is 59.2. The fraction of sp³-hybridized carbons (Fsp3) is 0.0909. The van der Waals surface area contributed by atoms with Gasteiger partial charge in [0.15, 0.2) is 5.78 Å². The smallest absolute Gasteiger partial charge is 0.870 e. The van der Waals surface area contributed by atoms with Gasteiger partial charge >= 0.3 is 62.6 Å². The van der Waals surface area contributed by atoms with Gasteiger partial charge in [-0.1, -0.05) is 121 Å². The first-order chi connectivity index (χ1) is 52.7. The van der Waals surface area contributed by atoms with Gasteiger partial charge in [-0.05, 0) is 181 Å². The van der Waals surface area contributed by atoms with Crippen LogP contribution in [0.2, 0.25) is 0 Å². The average Bonchev–Trinajstić information content (AvgIpc) is 1.67. The Balaban J connectivity index is 0. The molecule has 48 heteroatoms. The Morgan fingerprint density at radius 3 is 1.41 bits per heavy atom. The number of hydrogen-bond donors (Lipinski definition) is 9. The minimum Gasteiger partial charge on any atom is -0.870 e. The topological polar surface area (TPSA) is 362 Å². The van der Waals surface area contributed by atoms with E-state index in [-0.39, 0.29) is 63.8 Å². The molecule has 7 aromatic heterocycles. The monoisotopic (exact) mass is 2210 g/mol. The molecule has 22 nitrogen and oxygen atoms in total. The van der Waals surface area contributed by atoms with Gasteiger partial charge in [0, 0.05) is 153 Å². The Morgan fingerprint density at radius 2 is 1.00 bits per heavy atom. The Kier molecular flexibility index (Phi) is 68.2. The maximum Gasteiger partial charge on any atom is 1.00 e. The number of aromatic nitrogens is 6. The molecule has 0 aliphatic carbocycles. The zero-order valence-corrected chi connectivity index (χ0v) is 85.9. The predicted octanol–water partition coefficient (Wildman–Crippen LogP) is 21.9. The van der Waals surface area contributed by atoms with Crippen LogP contribution in [0.15, 0.2) is 258 Å². The summed E-state index contributed by atoms with van der Waals surface area (Å²) in [5, 5.41) is 17.7. The van der Waals surface area contributed by atoms with E-state index in [9.17, 15) is 37.9 Å². The van der Waals surface area contributed by atoms with E-state index in [0.717, 1.165) is 64.6 Å². The molecule has 0 bridgehead atoms. The summed E-state index contributed by atoms with van der Waals surface area (Å²) in [6, 6.07) is 58.9. The number of hydrogen-bond acceptors (Lipinski definition) is 25. The number of carbonyl (C=O) groups excluding carboxylic acids is 3. The van der Waals surface area contributed by atoms with Gasteiger partial charge in [0.1, 0.15) is 35.6 Å². The average molecular weight is 2220 g/mol. The number of anilines is 4. The molecule has 8 heterocycles. The van der Waals surface area contributed by atoms with Gasteiger partial charge < -0.3 is 51.8 Å². The standard InChI is InChI=1S/C12H13N2PS.C12H11NO2.C12H11NOS.C7H6BrN2PS.C7H9N2O2PS.C7H7N2OPS.C7H8S.C2Cl2O2.Al.Br3OP.Cl3OP.3ClH.H3N.Na.H2O/c15-14-12-8-11(6-7-13-12)16-9-10-4-2-1-3-5-10;2*14-12-8-11(6-7-13-12)15-9-10-4-2-1-3-5-10;8-4-3-12-5-1-2-9-7(10-11)6(4)5;10-7(11)4-13-5-1-2-8-6(3-5)9-12;10-4-3-12-5-1-2-8-7(9-11)6(4)5;8-6-7-4-2-1-3-5-7;3-1(5)2(4)6;;2*1-5(2,3)4;;;;;;/h1-8H,9,15H2,(H,13,14);2*1-8H,9H2,(H,13,14);1-3H,11H2,(H,9,10);1-3H,4,12H2,(H,8,9)(H,10,11);1-2H,3,11H2,(H,8,9);1-5,8H,6H2;;;;;3*1H;1H3;;1H2/q;;;;;;;;+3;;;;;;;+1;/p-4. The van der Waals surface area contributed by atoms with Gasteiger partial charge in [-0.2, -0.15) is 12.6 Å². The second kappa shape index (κ2) is 67.9. The number of nitrogens with zero attached hydrogens (tertiary/aromatic N) is 4. The van der Waals surface area contributed by atoms with Gasteiger partial charge in [-0.3, -0.25) is 37.9 Å². The molecule has 608 valence electrons. The summed E-state index contributed by atoms with van der Waals surface area (Å²) in [4.78, 5) is 88.2. The van der Waals surface area contributed by atoms with E-state index in [2.05, 4.69) is 274 Å². The van der Waals surface area contributed by atoms with Crippen molar-refractivity contribution in [2.75, 3.05) is 31.9 Å². The Labute approximate surface area is 791 Å². The van der Waals surface area contributed by atoms with Crippen molar-refractivity contribution in [2.45, 2.75) is 43.4 Å². The molecule has 11 aromatic rings. The SMILES string of the molecule is N.O=C(Cl)C(=O)Cl.O=C(O)CSc1ccnc(NP)c1.O=C1CSc2ccnc(NP)c21.O=P(Br)(Br)Br.O=P(Cl)(Cl)Cl.O=c1cc(OCc2ccccc2)cc[nH]1.O=c1cc(SCc2ccccc2)cc[nH]1.PNc1cc(SCc2ccccc2)ccn1.PNc1nccc2scc(Br)c12.SCc1ccccc1.[Cl][Al]([Cl])[Cl].[Na+].[OH-]. The van der Waals surface area contributed by atoms with Crippen LogP contribution in [0.4, 0.5) is 23.3 Å². The van der Waals surface area contributed by atoms with Crippen LogP contribution in [0.5, 0.6) is 5.75 Å². The van der Waals surface area contributed by atoms with E-state index >= 15 is 0 Å². The number of aromatic amines is 2. The van der Waals surface area contributed by atoms with Crippen LogP contribution in [0, 0.1) is 0 Å². The summed E-state index contributed by atoms with van der Waals surface area (Å²) >= 11 is 45.0. The second-order valence-electron chi connectivity index (χ2n) is 19.7. The molecule has 1 aliphatic rings. The minimum atomic E-state index is -3.22. The molecule has 0 fully saturated rings. The first-order valence-electron chi connectivity index (χ1n) is 30.3. The third-order valence-electron chi connectivity index (χ3n) is 11.8. The number of Topliss-reactive ketones (excluding diaryl/α,β-unsaturated/α-hetero) is 1. The fourth-order valence-electron chi connectivity index (χ4n) is 7.36. The van der Waals surface area contributed by atoms with E-state index in [4.69, 9.17) is 40.0 Å². The zero-order chi connectivity index (χ0) is 82.6. The molecule has 1 aliphatic heterocycles. The first kappa shape index (κ1) is 114. The van der Waals surface area contributed by atoms with Crippen LogP contribution in [0.1, 0.15) is 32.6 Å². The Hall–Kier alpha value is -1.56. The number of ether oxygens (including phenoxy) is 1. The molecular weight excluding hydrogens is 2150 g/mol. The normalized spacial score (nSPS) is 10.1. The Morgan fingerprint density at radius 1 is 0.596 bits per heavy atom. The number of carbonyl (C=O) groups is 4. The van der Waals surface area contributed by atoms with E-state index in [0.29, 0.717) is 29.7 Å². The van der Waals surface area contributed by atoms with E-state index in [1.807, 2.05) is 121 Å². The maximum absolute atomic E-state index is 11.3. The van der Waals surface area contributed by atoms with Crippen LogP contribution in [-0.4, -0.2) is 85.6 Å². The summed E-state index contributed by atoms with van der Waals surface area (Å²) in [5.41, 5.74) is 5.49. The fourth-order valence-corrected chi connectivity index (χ4v) is 13.3. The summed E-state index contributed by atoms with van der Waals surface area (Å²) < 4.78 is 25.1. The van der Waals surface area contributed by atoms with E-state index in [1.54, 1.807) is 90.1 Å². The summed E-state index contributed by atoms with van der Waals surface area (Å²) in [6.45, 7) is 0.476. The van der Waals surface area contributed by atoms with Crippen LogP contribution in [0.3, 0.4) is 0 Å². The molecule has 11 N–H and O–H groups in total. The number of thiophene rings is 1. The number of thiol groups is 1. The number of carboxylic acids is 1. The number of pyridine rings is 6. The van der Waals surface area contributed by atoms with Crippen molar-refractivity contribution >= 4 is 333 Å². The number of H-pyrrole nitrogens is 2. The Bertz CT molecular complexity index is 4670. The molecule has 114 heavy (non-hydrogen) atoms. The zero-order valence-electron chi connectivity index (χ0n) is 59.0. The van der Waals surface area contributed by atoms with E-state index in [1.165, 1.54) is 44.1 Å². The van der Waals surface area contributed by atoms with Crippen LogP contribution in [-0.2, 0) is 47.4 Å². The van der Waals surface area contributed by atoms with Crippen LogP contribution < -0.4 is 71.9 Å². The van der Waals surface area contributed by atoms with Crippen molar-refractivity contribution in [3.8, 4) is 5.75 Å². The third kappa shape index (κ3) is 58.4. The van der Waals surface area contributed by atoms with Gasteiger partial charge in [-0.15, -0.1) is 58.4 Å². The molecular formula is C66H69AlBr4Cl8N11NaO11P6S6. The molecule has 0 amide bonds. The minimum absolute atomic E-state index is 0. The van der Waals surface area contributed by atoms with Gasteiger partial charge in [0.25, 0.3) is 8.81 Å². The summed E-state index contributed by atoms with van der Waals surface area (Å²) in [7, 11) is 24.4. The number of fused-ring (bicyclic) bond motifs is 2. The third-order valence-corrected chi connectivity index (χ3v) is 19.8. The molecule has 4 unspecified atom stereocenters. The van der Waals surface area contributed by atoms with Crippen molar-refractivity contribution in [3.63, 3.8) is 0 Å². The van der Waals surface area contributed by atoms with Crippen molar-refractivity contribution in [1.29, 1.82) is 0 Å². The number of nitrogens with one attached hydrogen (secondary N) is 6.